The van der Waals surface area contributed by atoms with Crippen molar-refractivity contribution in [2.75, 3.05) is 0 Å². The molecule has 2 amide bonds. The molecule has 0 radical (unpaired) electrons. The third-order valence-corrected chi connectivity index (χ3v) is 2.97. The molecule has 0 aromatic heterocycles. The molecule has 0 unspecified atom stereocenters. The van der Waals surface area contributed by atoms with Crippen LogP contribution in [0.3, 0.4) is 0 Å². The first-order chi connectivity index (χ1) is 8.97. The number of non-ortho nitro benzene ring substituents is 1. The highest BCUT2D eigenvalue weighted by Gasteiger charge is 2.30. The molecule has 19 heavy (non-hydrogen) atoms. The Morgan fingerprint density at radius 3 is 2.37 bits per heavy atom. The van der Waals surface area contributed by atoms with Crippen LogP contribution in [-0.2, 0) is 16.0 Å². The fraction of sp³-hybridized carbons (Fsp3) is 0.333. The van der Waals surface area contributed by atoms with E-state index in [1.807, 2.05) is 0 Å². The van der Waals surface area contributed by atoms with Crippen LogP contribution < -0.4 is 10.6 Å². The van der Waals surface area contributed by atoms with Gasteiger partial charge in [-0.2, -0.15) is 0 Å². The highest BCUT2D eigenvalue weighted by Crippen LogP contribution is 2.14. The maximum Gasteiger partial charge on any atom is 0.269 e. The van der Waals surface area contributed by atoms with Gasteiger partial charge in [-0.3, -0.25) is 19.7 Å². The van der Waals surface area contributed by atoms with Gasteiger partial charge >= 0.3 is 0 Å². The maximum absolute atomic E-state index is 11.7. The van der Waals surface area contributed by atoms with Crippen LogP contribution in [0.15, 0.2) is 24.3 Å². The molecule has 0 aliphatic carbocycles. The Balaban J connectivity index is 2.06. The van der Waals surface area contributed by atoms with E-state index in [1.54, 1.807) is 19.1 Å². The number of rotatable bonds is 3. The van der Waals surface area contributed by atoms with Gasteiger partial charge in [0.1, 0.15) is 12.1 Å². The van der Waals surface area contributed by atoms with Gasteiger partial charge in [0.05, 0.1) is 4.92 Å². The number of nitro groups is 1. The molecular formula is C12H13N3O4. The molecule has 0 saturated carbocycles. The van der Waals surface area contributed by atoms with Crippen molar-refractivity contribution < 1.29 is 14.5 Å². The zero-order chi connectivity index (χ0) is 14.0. The quantitative estimate of drug-likeness (QED) is 0.598. The van der Waals surface area contributed by atoms with Crippen LogP contribution in [0.2, 0.25) is 0 Å². The number of nitrogens with one attached hydrogen (secondary N) is 2. The second-order valence-electron chi connectivity index (χ2n) is 4.42. The number of piperazine rings is 1. The van der Waals surface area contributed by atoms with Gasteiger partial charge in [0.2, 0.25) is 11.8 Å². The smallest absolute Gasteiger partial charge is 0.269 e. The van der Waals surface area contributed by atoms with E-state index < -0.39 is 17.0 Å². The van der Waals surface area contributed by atoms with Crippen molar-refractivity contribution in [2.45, 2.75) is 25.4 Å². The largest absolute Gasteiger partial charge is 0.343 e. The van der Waals surface area contributed by atoms with Crippen molar-refractivity contribution in [1.29, 1.82) is 0 Å². The summed E-state index contributed by atoms with van der Waals surface area (Å²) in [6.45, 7) is 1.61. The minimum Gasteiger partial charge on any atom is -0.343 e. The highest BCUT2D eigenvalue weighted by atomic mass is 16.6. The summed E-state index contributed by atoms with van der Waals surface area (Å²) in [5.74, 6) is -0.475. The van der Waals surface area contributed by atoms with E-state index in [1.165, 1.54) is 12.1 Å². The lowest BCUT2D eigenvalue weighted by Gasteiger charge is -2.27. The van der Waals surface area contributed by atoms with Crippen LogP contribution in [0.25, 0.3) is 0 Å². The second-order valence-corrected chi connectivity index (χ2v) is 4.42. The van der Waals surface area contributed by atoms with Gasteiger partial charge in [0.15, 0.2) is 0 Å². The van der Waals surface area contributed by atoms with E-state index in [0.717, 1.165) is 5.56 Å². The van der Waals surface area contributed by atoms with Crippen LogP contribution in [-0.4, -0.2) is 28.8 Å². The summed E-state index contributed by atoms with van der Waals surface area (Å²) >= 11 is 0. The van der Waals surface area contributed by atoms with E-state index >= 15 is 0 Å². The van der Waals surface area contributed by atoms with E-state index in [9.17, 15) is 19.7 Å². The van der Waals surface area contributed by atoms with E-state index in [-0.39, 0.29) is 17.5 Å². The fourth-order valence-electron chi connectivity index (χ4n) is 1.87. The monoisotopic (exact) mass is 263 g/mol. The minimum atomic E-state index is -0.634. The van der Waals surface area contributed by atoms with Crippen LogP contribution in [0, 0.1) is 10.1 Å². The number of benzene rings is 1. The average Bonchev–Trinajstić information content (AvgIpc) is 2.36. The van der Waals surface area contributed by atoms with Gasteiger partial charge in [0.25, 0.3) is 5.69 Å². The predicted molar refractivity (Wildman–Crippen MR) is 66.3 cm³/mol. The van der Waals surface area contributed by atoms with Gasteiger partial charge in [-0.25, -0.2) is 0 Å². The fourth-order valence-corrected chi connectivity index (χ4v) is 1.87. The summed E-state index contributed by atoms with van der Waals surface area (Å²) in [7, 11) is 0. The number of carbonyl (C=O) groups excluding carboxylic acids is 2. The molecule has 0 bridgehead atoms. The summed E-state index contributed by atoms with van der Waals surface area (Å²) in [6, 6.07) is 4.75. The number of carbonyl (C=O) groups is 2. The summed E-state index contributed by atoms with van der Waals surface area (Å²) in [4.78, 5) is 33.2. The first-order valence-corrected chi connectivity index (χ1v) is 5.81. The van der Waals surface area contributed by atoms with Crippen LogP contribution in [0.5, 0.6) is 0 Å². The van der Waals surface area contributed by atoms with Crippen LogP contribution in [0.4, 0.5) is 5.69 Å². The molecular weight excluding hydrogens is 250 g/mol. The molecule has 0 spiro atoms. The molecule has 1 fully saturated rings. The van der Waals surface area contributed by atoms with Crippen molar-refractivity contribution in [3.63, 3.8) is 0 Å². The number of nitro benzene ring substituents is 1. The van der Waals surface area contributed by atoms with Crippen molar-refractivity contribution in [3.8, 4) is 0 Å². The molecule has 7 heteroatoms. The minimum absolute atomic E-state index is 0.00509. The van der Waals surface area contributed by atoms with E-state index in [0.29, 0.717) is 6.42 Å². The zero-order valence-electron chi connectivity index (χ0n) is 10.3. The van der Waals surface area contributed by atoms with E-state index in [2.05, 4.69) is 10.6 Å². The van der Waals surface area contributed by atoms with Crippen molar-refractivity contribution in [1.82, 2.24) is 10.6 Å². The summed E-state index contributed by atoms with van der Waals surface area (Å²) < 4.78 is 0. The van der Waals surface area contributed by atoms with Gasteiger partial charge in [0, 0.05) is 18.6 Å². The Bertz CT molecular complexity index is 526. The molecule has 1 aromatic carbocycles. The van der Waals surface area contributed by atoms with Crippen molar-refractivity contribution in [2.24, 2.45) is 0 Å². The Morgan fingerprint density at radius 1 is 1.16 bits per heavy atom. The molecule has 2 rings (SSSR count). The molecule has 7 nitrogen and oxygen atoms in total. The van der Waals surface area contributed by atoms with Crippen LogP contribution >= 0.6 is 0 Å². The highest BCUT2D eigenvalue weighted by molar-refractivity contribution is 5.96. The molecule has 100 valence electrons. The summed E-state index contributed by atoms with van der Waals surface area (Å²) in [5.41, 5.74) is 0.745. The summed E-state index contributed by atoms with van der Waals surface area (Å²) in [5, 5.41) is 15.7. The SMILES string of the molecule is C[C@@H]1NC(=O)[C@H](Cc2ccc([N+](=O)[O-])cc2)NC1=O. The first-order valence-electron chi connectivity index (χ1n) is 5.81. The van der Waals surface area contributed by atoms with Gasteiger partial charge in [-0.15, -0.1) is 0 Å². The normalized spacial score (nSPS) is 22.6. The number of amides is 2. The van der Waals surface area contributed by atoms with Crippen molar-refractivity contribution in [3.05, 3.63) is 39.9 Å². The van der Waals surface area contributed by atoms with Gasteiger partial charge in [-0.05, 0) is 12.5 Å². The number of hydrogen-bond acceptors (Lipinski definition) is 4. The predicted octanol–water partition coefficient (Wildman–Crippen LogP) is 0.140. The van der Waals surface area contributed by atoms with Crippen LogP contribution in [0.1, 0.15) is 12.5 Å². The lowest BCUT2D eigenvalue weighted by Crippen LogP contribution is -2.61. The molecule has 2 atom stereocenters. The Kier molecular flexibility index (Phi) is 3.46. The van der Waals surface area contributed by atoms with E-state index in [4.69, 9.17) is 0 Å². The summed E-state index contributed by atoms with van der Waals surface area (Å²) in [6.07, 6.45) is 0.308. The third-order valence-electron chi connectivity index (χ3n) is 2.97. The average molecular weight is 263 g/mol. The Hall–Kier alpha value is -2.44. The van der Waals surface area contributed by atoms with Gasteiger partial charge in [-0.1, -0.05) is 12.1 Å². The lowest BCUT2D eigenvalue weighted by atomic mass is 10.0. The molecule has 1 heterocycles. The maximum atomic E-state index is 11.7. The van der Waals surface area contributed by atoms with Gasteiger partial charge < -0.3 is 10.6 Å². The molecule has 1 aliphatic heterocycles. The molecule has 2 N–H and O–H groups in total. The topological polar surface area (TPSA) is 101 Å². The zero-order valence-corrected chi connectivity index (χ0v) is 10.3. The third kappa shape index (κ3) is 2.87. The molecule has 1 saturated heterocycles. The number of nitrogens with zero attached hydrogens (tertiary/aromatic N) is 1. The number of hydrogen-bond donors (Lipinski definition) is 2. The molecule has 1 aliphatic rings. The second kappa shape index (κ2) is 5.05. The first kappa shape index (κ1) is 13.0. The Labute approximate surface area is 109 Å². The standard InChI is InChI=1S/C12H13N3O4/c1-7-11(16)14-10(12(17)13-7)6-8-2-4-9(5-3-8)15(18)19/h2-5,7,10H,6H2,1H3,(H,13,17)(H,14,16)/t7-,10-/m0/s1. The lowest BCUT2D eigenvalue weighted by molar-refractivity contribution is -0.384. The molecule has 1 aromatic rings. The Morgan fingerprint density at radius 2 is 1.79 bits per heavy atom. The van der Waals surface area contributed by atoms with Crippen molar-refractivity contribution >= 4 is 17.5 Å².